The first-order chi connectivity index (χ1) is 13.5. The Kier molecular flexibility index (Phi) is 4.77. The van der Waals surface area contributed by atoms with Crippen LogP contribution in [0.2, 0.25) is 0 Å². The molecule has 0 atom stereocenters. The van der Waals surface area contributed by atoms with Gasteiger partial charge in [0.15, 0.2) is 11.6 Å². The van der Waals surface area contributed by atoms with Crippen molar-refractivity contribution < 1.29 is 17.5 Å². The summed E-state index contributed by atoms with van der Waals surface area (Å²) in [7, 11) is -2.55. The van der Waals surface area contributed by atoms with E-state index in [9.17, 15) is 12.8 Å². The smallest absolute Gasteiger partial charge is 0.265 e. The van der Waals surface area contributed by atoms with Gasteiger partial charge in [-0.15, -0.1) is 0 Å². The molecule has 28 heavy (non-hydrogen) atoms. The number of benzene rings is 3. The summed E-state index contributed by atoms with van der Waals surface area (Å²) in [4.78, 5) is 4.41. The number of hydrogen-bond donors (Lipinski definition) is 0. The van der Waals surface area contributed by atoms with Gasteiger partial charge in [0.05, 0.1) is 25.1 Å². The molecule has 0 saturated carbocycles. The van der Waals surface area contributed by atoms with Gasteiger partial charge in [0.25, 0.3) is 10.0 Å². The largest absolute Gasteiger partial charge is 0.494 e. The number of methoxy groups -OCH3 is 1. The molecule has 3 aromatic rings. The van der Waals surface area contributed by atoms with E-state index in [1.54, 1.807) is 0 Å². The highest BCUT2D eigenvalue weighted by Crippen LogP contribution is 2.27. The third-order valence-corrected chi connectivity index (χ3v) is 6.65. The third-order valence-electron chi connectivity index (χ3n) is 4.82. The molecule has 1 aliphatic heterocycles. The second-order valence-electron chi connectivity index (χ2n) is 6.49. The summed E-state index contributed by atoms with van der Waals surface area (Å²) < 4.78 is 46.2. The van der Waals surface area contributed by atoms with E-state index in [2.05, 4.69) is 4.99 Å². The number of rotatable bonds is 5. The summed E-state index contributed by atoms with van der Waals surface area (Å²) in [6.07, 6.45) is 0.402. The zero-order valence-corrected chi connectivity index (χ0v) is 16.1. The van der Waals surface area contributed by atoms with Crippen molar-refractivity contribution in [1.82, 2.24) is 4.31 Å². The highest BCUT2D eigenvalue weighted by atomic mass is 32.2. The second kappa shape index (κ2) is 7.24. The summed E-state index contributed by atoms with van der Waals surface area (Å²) in [6, 6.07) is 17.5. The fourth-order valence-corrected chi connectivity index (χ4v) is 4.90. The summed E-state index contributed by atoms with van der Waals surface area (Å²) in [6.45, 7) is 0.666. The van der Waals surface area contributed by atoms with Crippen molar-refractivity contribution in [3.05, 3.63) is 72.0 Å². The molecule has 0 bridgehead atoms. The number of amidine groups is 1. The van der Waals surface area contributed by atoms with E-state index in [4.69, 9.17) is 4.74 Å². The van der Waals surface area contributed by atoms with E-state index in [-0.39, 0.29) is 17.2 Å². The van der Waals surface area contributed by atoms with Crippen molar-refractivity contribution in [2.75, 3.05) is 20.2 Å². The van der Waals surface area contributed by atoms with Crippen LogP contribution in [-0.4, -0.2) is 38.8 Å². The van der Waals surface area contributed by atoms with Gasteiger partial charge in [-0.3, -0.25) is 9.30 Å². The molecule has 1 heterocycles. The van der Waals surface area contributed by atoms with Crippen LogP contribution in [0, 0.1) is 5.82 Å². The Hall–Kier alpha value is -2.93. The molecule has 0 saturated heterocycles. The molecule has 0 N–H and O–H groups in total. The van der Waals surface area contributed by atoms with Gasteiger partial charge < -0.3 is 4.74 Å². The quantitative estimate of drug-likeness (QED) is 0.659. The Bertz CT molecular complexity index is 1170. The molecule has 0 amide bonds. The van der Waals surface area contributed by atoms with Crippen molar-refractivity contribution in [3.63, 3.8) is 0 Å². The standard InChI is InChI=1S/C21H19FN2O3S/c1-27-20-14-17(9-10-19(20)22)28(25,26)24-12-11-23-21(24)13-16-7-4-6-15-5-2-3-8-18(15)16/h2-10,14H,11-13H2,1H3. The van der Waals surface area contributed by atoms with Gasteiger partial charge in [-0.25, -0.2) is 12.8 Å². The van der Waals surface area contributed by atoms with Crippen LogP contribution < -0.4 is 4.74 Å². The van der Waals surface area contributed by atoms with Crippen LogP contribution in [-0.2, 0) is 16.4 Å². The highest BCUT2D eigenvalue weighted by Gasteiger charge is 2.31. The summed E-state index contributed by atoms with van der Waals surface area (Å²) in [5.74, 6) is -0.222. The topological polar surface area (TPSA) is 59.0 Å². The minimum absolute atomic E-state index is 0.0155. The van der Waals surface area contributed by atoms with Gasteiger partial charge in [0, 0.05) is 12.5 Å². The third kappa shape index (κ3) is 3.22. The average Bonchev–Trinajstić information content (AvgIpc) is 3.17. The maximum atomic E-state index is 13.7. The Morgan fingerprint density at radius 2 is 1.89 bits per heavy atom. The fourth-order valence-electron chi connectivity index (χ4n) is 3.43. The lowest BCUT2D eigenvalue weighted by Gasteiger charge is -2.21. The number of fused-ring (bicyclic) bond motifs is 1. The van der Waals surface area contributed by atoms with Crippen molar-refractivity contribution in [1.29, 1.82) is 0 Å². The lowest BCUT2D eigenvalue weighted by Crippen LogP contribution is -2.35. The Balaban J connectivity index is 1.68. The van der Waals surface area contributed by atoms with Crippen LogP contribution >= 0.6 is 0 Å². The number of halogens is 1. The Morgan fingerprint density at radius 3 is 2.71 bits per heavy atom. The van der Waals surface area contributed by atoms with Crippen LogP contribution in [0.5, 0.6) is 5.75 Å². The normalized spacial score (nSPS) is 14.4. The number of aliphatic imine (C=N–C) groups is 1. The van der Waals surface area contributed by atoms with Gasteiger partial charge in [-0.05, 0) is 28.5 Å². The molecule has 0 spiro atoms. The van der Waals surface area contributed by atoms with Crippen LogP contribution in [0.15, 0.2) is 70.6 Å². The number of sulfonamides is 1. The first-order valence-electron chi connectivity index (χ1n) is 8.87. The Labute approximate surface area is 163 Å². The molecular formula is C21H19FN2O3S. The SMILES string of the molecule is COc1cc(S(=O)(=O)N2CCN=C2Cc2cccc3ccccc23)ccc1F. The van der Waals surface area contributed by atoms with E-state index in [0.29, 0.717) is 18.8 Å². The molecule has 4 rings (SSSR count). The summed E-state index contributed by atoms with van der Waals surface area (Å²) in [5, 5.41) is 2.16. The van der Waals surface area contributed by atoms with E-state index < -0.39 is 15.8 Å². The van der Waals surface area contributed by atoms with Gasteiger partial charge in [0.1, 0.15) is 5.84 Å². The maximum Gasteiger partial charge on any atom is 0.265 e. The maximum absolute atomic E-state index is 13.7. The monoisotopic (exact) mass is 398 g/mol. The second-order valence-corrected chi connectivity index (χ2v) is 8.35. The van der Waals surface area contributed by atoms with E-state index in [1.165, 1.54) is 23.5 Å². The fraction of sp³-hybridized carbons (Fsp3) is 0.190. The van der Waals surface area contributed by atoms with Crippen molar-refractivity contribution in [2.45, 2.75) is 11.3 Å². The van der Waals surface area contributed by atoms with Crippen molar-refractivity contribution >= 4 is 26.6 Å². The molecule has 144 valence electrons. The predicted octanol–water partition coefficient (Wildman–Crippen LogP) is 3.63. The average molecular weight is 398 g/mol. The lowest BCUT2D eigenvalue weighted by molar-refractivity contribution is 0.385. The molecule has 0 aromatic heterocycles. The lowest BCUT2D eigenvalue weighted by atomic mass is 10.0. The van der Waals surface area contributed by atoms with Crippen LogP contribution in [0.4, 0.5) is 4.39 Å². The molecule has 0 fully saturated rings. The van der Waals surface area contributed by atoms with E-state index in [0.717, 1.165) is 22.4 Å². The molecule has 1 aliphatic rings. The molecule has 5 nitrogen and oxygen atoms in total. The van der Waals surface area contributed by atoms with Crippen molar-refractivity contribution in [3.8, 4) is 5.75 Å². The van der Waals surface area contributed by atoms with Gasteiger partial charge in [0.2, 0.25) is 0 Å². The van der Waals surface area contributed by atoms with Crippen molar-refractivity contribution in [2.24, 2.45) is 4.99 Å². The molecule has 0 unspecified atom stereocenters. The predicted molar refractivity (Wildman–Crippen MR) is 107 cm³/mol. The number of hydrogen-bond acceptors (Lipinski definition) is 4. The Morgan fingerprint density at radius 1 is 1.11 bits per heavy atom. The first kappa shape index (κ1) is 18.4. The molecule has 3 aromatic carbocycles. The summed E-state index contributed by atoms with van der Waals surface area (Å²) in [5.41, 5.74) is 1.01. The van der Waals surface area contributed by atoms with Crippen LogP contribution in [0.1, 0.15) is 5.56 Å². The minimum Gasteiger partial charge on any atom is -0.494 e. The van der Waals surface area contributed by atoms with Crippen LogP contribution in [0.3, 0.4) is 0 Å². The molecule has 0 radical (unpaired) electrons. The minimum atomic E-state index is -3.85. The zero-order valence-electron chi connectivity index (χ0n) is 15.3. The van der Waals surface area contributed by atoms with Gasteiger partial charge in [-0.1, -0.05) is 42.5 Å². The van der Waals surface area contributed by atoms with Crippen LogP contribution in [0.25, 0.3) is 10.8 Å². The molecule has 7 heteroatoms. The number of ether oxygens (including phenoxy) is 1. The van der Waals surface area contributed by atoms with Gasteiger partial charge >= 0.3 is 0 Å². The number of nitrogens with zero attached hydrogens (tertiary/aromatic N) is 2. The zero-order chi connectivity index (χ0) is 19.7. The first-order valence-corrected chi connectivity index (χ1v) is 10.3. The van der Waals surface area contributed by atoms with E-state index in [1.807, 2.05) is 42.5 Å². The molecular weight excluding hydrogens is 379 g/mol. The summed E-state index contributed by atoms with van der Waals surface area (Å²) >= 11 is 0. The van der Waals surface area contributed by atoms with Gasteiger partial charge in [-0.2, -0.15) is 0 Å². The van der Waals surface area contributed by atoms with E-state index >= 15 is 0 Å². The highest BCUT2D eigenvalue weighted by molar-refractivity contribution is 7.89. The molecule has 0 aliphatic carbocycles.